The van der Waals surface area contributed by atoms with Gasteiger partial charge in [0.2, 0.25) is 17.7 Å². The Morgan fingerprint density at radius 3 is 2.34 bits per heavy atom. The number of carbonyl (C=O) groups excluding carboxylic acids is 1. The van der Waals surface area contributed by atoms with E-state index >= 15 is 0 Å². The number of allylic oxidation sites excluding steroid dienone is 2. The van der Waals surface area contributed by atoms with Crippen molar-refractivity contribution in [2.45, 2.75) is 63.0 Å². The van der Waals surface area contributed by atoms with Crippen molar-refractivity contribution in [3.8, 4) is 0 Å². The van der Waals surface area contributed by atoms with Crippen LogP contribution in [0, 0.1) is 0 Å². The zero-order valence-corrected chi connectivity index (χ0v) is 15.0. The van der Waals surface area contributed by atoms with E-state index in [1.54, 1.807) is 0 Å². The number of halogens is 7. The lowest BCUT2D eigenvalue weighted by molar-refractivity contribution is -0.138. The zero-order valence-electron chi connectivity index (χ0n) is 15.0. The molecule has 0 saturated heterocycles. The quantitative estimate of drug-likeness (QED) is 0.696. The first-order chi connectivity index (χ1) is 13.4. The molecule has 1 unspecified atom stereocenters. The standard InChI is InChI=1S/C16H16F7N5O/c1-6(16(21,22)23)24-13-26-12(8-2-3-9(17)11(29)10(8)18)27-14(28-13)25-7-4-15(19,20)5-7/h6-7,9H,2-5H2,1H3,(H2,24,25,26,27,28)/t6-,9?/m1/s1. The highest BCUT2D eigenvalue weighted by molar-refractivity contribution is 6.04. The number of anilines is 2. The van der Waals surface area contributed by atoms with E-state index in [4.69, 9.17) is 0 Å². The van der Waals surface area contributed by atoms with Gasteiger partial charge in [-0.15, -0.1) is 0 Å². The number of nitrogens with one attached hydrogen (secondary N) is 2. The minimum absolute atomic E-state index is 0.266. The molecule has 1 aromatic rings. The van der Waals surface area contributed by atoms with Gasteiger partial charge in [-0.05, 0) is 19.8 Å². The van der Waals surface area contributed by atoms with E-state index < -0.39 is 66.6 Å². The summed E-state index contributed by atoms with van der Waals surface area (Å²) in [7, 11) is 0. The summed E-state index contributed by atoms with van der Waals surface area (Å²) in [5.74, 6) is -7.13. The summed E-state index contributed by atoms with van der Waals surface area (Å²) in [5, 5.41) is 4.52. The molecule has 13 heteroatoms. The summed E-state index contributed by atoms with van der Waals surface area (Å²) in [6.07, 6.45) is -8.35. The minimum Gasteiger partial charge on any atom is -0.351 e. The van der Waals surface area contributed by atoms with Crippen molar-refractivity contribution in [1.29, 1.82) is 0 Å². The molecule has 3 rings (SSSR count). The number of nitrogens with zero attached hydrogens (tertiary/aromatic N) is 3. The number of rotatable bonds is 5. The van der Waals surface area contributed by atoms with Gasteiger partial charge in [0.15, 0.2) is 17.8 Å². The maximum absolute atomic E-state index is 14.2. The first-order valence-corrected chi connectivity index (χ1v) is 8.67. The predicted octanol–water partition coefficient (Wildman–Crippen LogP) is 3.83. The molecule has 1 saturated carbocycles. The van der Waals surface area contributed by atoms with E-state index in [2.05, 4.69) is 20.3 Å². The summed E-state index contributed by atoms with van der Waals surface area (Å²) < 4.78 is 92.1. The lowest BCUT2D eigenvalue weighted by atomic mass is 9.88. The fourth-order valence-electron chi connectivity index (χ4n) is 2.87. The van der Waals surface area contributed by atoms with E-state index in [1.165, 1.54) is 0 Å². The van der Waals surface area contributed by atoms with Crippen LogP contribution in [-0.4, -0.2) is 51.1 Å². The Bertz CT molecular complexity index is 833. The molecule has 1 fully saturated rings. The van der Waals surface area contributed by atoms with Crippen LogP contribution >= 0.6 is 0 Å². The third-order valence-corrected chi connectivity index (χ3v) is 4.58. The molecule has 2 aliphatic carbocycles. The van der Waals surface area contributed by atoms with Crippen molar-refractivity contribution >= 4 is 23.3 Å². The van der Waals surface area contributed by atoms with Crippen LogP contribution in [0.15, 0.2) is 5.83 Å². The average Bonchev–Trinajstić information content (AvgIpc) is 2.57. The Morgan fingerprint density at radius 1 is 1.14 bits per heavy atom. The molecule has 0 bridgehead atoms. The summed E-state index contributed by atoms with van der Waals surface area (Å²) in [4.78, 5) is 22.8. The average molecular weight is 427 g/mol. The Kier molecular flexibility index (Phi) is 5.43. The Balaban J connectivity index is 1.93. The smallest absolute Gasteiger partial charge is 0.351 e. The van der Waals surface area contributed by atoms with E-state index in [9.17, 15) is 35.5 Å². The SMILES string of the molecule is C[C@@H](Nc1nc(NC2CC(F)(F)C2)nc(C2=C(F)C(=O)C(F)CC2)n1)C(F)(F)F. The molecule has 0 amide bonds. The number of aromatic nitrogens is 3. The third kappa shape index (κ3) is 4.75. The fourth-order valence-corrected chi connectivity index (χ4v) is 2.87. The van der Waals surface area contributed by atoms with Gasteiger partial charge in [-0.2, -0.15) is 28.1 Å². The zero-order chi connectivity index (χ0) is 21.6. The second-order valence-corrected chi connectivity index (χ2v) is 6.98. The van der Waals surface area contributed by atoms with Crippen molar-refractivity contribution in [3.63, 3.8) is 0 Å². The maximum atomic E-state index is 14.2. The van der Waals surface area contributed by atoms with Crippen LogP contribution in [0.4, 0.5) is 42.6 Å². The first kappa shape index (κ1) is 21.2. The van der Waals surface area contributed by atoms with Crippen LogP contribution in [0.2, 0.25) is 0 Å². The fraction of sp³-hybridized carbons (Fsp3) is 0.625. The molecule has 2 aliphatic rings. The number of Topliss-reactive ketones (excluding diaryl/α,β-unsaturated/α-hetero) is 1. The van der Waals surface area contributed by atoms with Crippen LogP contribution in [0.1, 0.15) is 38.4 Å². The van der Waals surface area contributed by atoms with Crippen molar-refractivity contribution in [3.05, 3.63) is 11.7 Å². The lowest BCUT2D eigenvalue weighted by Crippen LogP contribution is -2.44. The van der Waals surface area contributed by atoms with E-state index in [-0.39, 0.29) is 24.4 Å². The molecule has 0 spiro atoms. The van der Waals surface area contributed by atoms with Crippen LogP contribution < -0.4 is 10.6 Å². The molecule has 1 heterocycles. The van der Waals surface area contributed by atoms with Gasteiger partial charge in [0.05, 0.1) is 0 Å². The van der Waals surface area contributed by atoms with Gasteiger partial charge in [-0.3, -0.25) is 4.79 Å². The van der Waals surface area contributed by atoms with Gasteiger partial charge in [0, 0.05) is 24.5 Å². The molecule has 2 N–H and O–H groups in total. The molecule has 2 atom stereocenters. The summed E-state index contributed by atoms with van der Waals surface area (Å²) in [6.45, 7) is 0.792. The topological polar surface area (TPSA) is 79.8 Å². The largest absolute Gasteiger partial charge is 0.408 e. The normalized spacial score (nSPS) is 23.6. The third-order valence-electron chi connectivity index (χ3n) is 4.58. The van der Waals surface area contributed by atoms with Gasteiger partial charge in [-0.25, -0.2) is 17.6 Å². The van der Waals surface area contributed by atoms with E-state index in [0.717, 1.165) is 6.92 Å². The van der Waals surface area contributed by atoms with Crippen molar-refractivity contribution in [2.24, 2.45) is 0 Å². The second-order valence-electron chi connectivity index (χ2n) is 6.98. The monoisotopic (exact) mass is 427 g/mol. The highest BCUT2D eigenvalue weighted by Crippen LogP contribution is 2.39. The molecular weight excluding hydrogens is 411 g/mol. The summed E-state index contributed by atoms with van der Waals surface area (Å²) >= 11 is 0. The lowest BCUT2D eigenvalue weighted by Gasteiger charge is -2.35. The maximum Gasteiger partial charge on any atom is 0.408 e. The number of alkyl halides is 6. The van der Waals surface area contributed by atoms with Crippen molar-refractivity contribution < 1.29 is 35.5 Å². The first-order valence-electron chi connectivity index (χ1n) is 8.67. The predicted molar refractivity (Wildman–Crippen MR) is 87.7 cm³/mol. The van der Waals surface area contributed by atoms with Crippen LogP contribution in [0.5, 0.6) is 0 Å². The van der Waals surface area contributed by atoms with Crippen LogP contribution in [0.25, 0.3) is 5.57 Å². The van der Waals surface area contributed by atoms with Gasteiger partial charge >= 0.3 is 6.18 Å². The highest BCUT2D eigenvalue weighted by atomic mass is 19.4. The molecule has 0 aliphatic heterocycles. The van der Waals surface area contributed by atoms with E-state index in [0.29, 0.717) is 0 Å². The molecule has 0 aromatic carbocycles. The number of ketones is 1. The number of carbonyl (C=O) groups is 1. The molecule has 0 radical (unpaired) electrons. The van der Waals surface area contributed by atoms with Crippen LogP contribution in [-0.2, 0) is 4.79 Å². The summed E-state index contributed by atoms with van der Waals surface area (Å²) in [6, 6.07) is -2.82. The molecule has 29 heavy (non-hydrogen) atoms. The molecule has 6 nitrogen and oxygen atoms in total. The number of hydrogen-bond donors (Lipinski definition) is 2. The highest BCUT2D eigenvalue weighted by Gasteiger charge is 2.46. The summed E-state index contributed by atoms with van der Waals surface area (Å²) in [5.41, 5.74) is -0.379. The Hall–Kier alpha value is -2.47. The van der Waals surface area contributed by atoms with Gasteiger partial charge < -0.3 is 10.6 Å². The Morgan fingerprint density at radius 2 is 1.76 bits per heavy atom. The molecular formula is C16H16F7N5O. The van der Waals surface area contributed by atoms with E-state index in [1.807, 2.05) is 5.32 Å². The van der Waals surface area contributed by atoms with Crippen LogP contribution in [0.3, 0.4) is 0 Å². The van der Waals surface area contributed by atoms with Crippen molar-refractivity contribution in [1.82, 2.24) is 15.0 Å². The minimum atomic E-state index is -4.65. The van der Waals surface area contributed by atoms with Gasteiger partial charge in [0.1, 0.15) is 6.04 Å². The van der Waals surface area contributed by atoms with Crippen molar-refractivity contribution in [2.75, 3.05) is 10.6 Å². The number of hydrogen-bond acceptors (Lipinski definition) is 6. The van der Waals surface area contributed by atoms with Gasteiger partial charge in [-0.1, -0.05) is 0 Å². The second kappa shape index (κ2) is 7.41. The molecule has 160 valence electrons. The van der Waals surface area contributed by atoms with Gasteiger partial charge in [0.25, 0.3) is 5.92 Å². The Labute approximate surface area is 160 Å². The molecule has 1 aromatic heterocycles.